The smallest absolute Gasteiger partial charge is 0.155 e. The molecule has 0 saturated heterocycles. The van der Waals surface area contributed by atoms with E-state index in [0.29, 0.717) is 6.04 Å². The number of nitrogens with zero attached hydrogens (tertiary/aromatic N) is 4. The first-order valence-electron chi connectivity index (χ1n) is 8.48. The second kappa shape index (κ2) is 6.03. The lowest BCUT2D eigenvalue weighted by Crippen LogP contribution is -2.38. The lowest BCUT2D eigenvalue weighted by Gasteiger charge is -2.39. The lowest BCUT2D eigenvalue weighted by molar-refractivity contribution is 0.488. The van der Waals surface area contributed by atoms with Crippen LogP contribution in [0.25, 0.3) is 5.65 Å². The van der Waals surface area contributed by atoms with Crippen molar-refractivity contribution in [3.63, 3.8) is 0 Å². The molecular formula is C19H22N4. The Morgan fingerprint density at radius 1 is 1.22 bits per heavy atom. The number of rotatable bonds is 4. The summed E-state index contributed by atoms with van der Waals surface area (Å²) in [5, 5.41) is 4.18. The molecule has 1 aromatic carbocycles. The Bertz CT molecular complexity index is 808. The number of anilines is 1. The number of aryl methyl sites for hydroxylation is 1. The van der Waals surface area contributed by atoms with Crippen molar-refractivity contribution in [1.82, 2.24) is 14.6 Å². The molecular weight excluding hydrogens is 284 g/mol. The first kappa shape index (κ1) is 14.2. The van der Waals surface area contributed by atoms with E-state index in [-0.39, 0.29) is 0 Å². The van der Waals surface area contributed by atoms with Crippen LogP contribution in [0.3, 0.4) is 0 Å². The van der Waals surface area contributed by atoms with Crippen molar-refractivity contribution in [2.75, 3.05) is 4.90 Å². The van der Waals surface area contributed by atoms with Gasteiger partial charge in [0.15, 0.2) is 5.65 Å². The van der Waals surface area contributed by atoms with Crippen molar-refractivity contribution in [3.8, 4) is 0 Å². The minimum absolute atomic E-state index is 0.629. The molecule has 1 atom stereocenters. The number of hydrogen-bond donors (Lipinski definition) is 0. The molecule has 3 aromatic rings. The molecule has 0 N–H and O–H groups in total. The molecule has 1 unspecified atom stereocenters. The minimum Gasteiger partial charge on any atom is -0.364 e. The highest BCUT2D eigenvalue weighted by molar-refractivity contribution is 5.57. The minimum atomic E-state index is 0.629. The highest BCUT2D eigenvalue weighted by atomic mass is 15.3. The van der Waals surface area contributed by atoms with E-state index in [1.165, 1.54) is 42.5 Å². The highest BCUT2D eigenvalue weighted by Crippen LogP contribution is 2.33. The fourth-order valence-electron chi connectivity index (χ4n) is 3.68. The Hall–Kier alpha value is -2.36. The number of aromatic nitrogens is 3. The average Bonchev–Trinajstić information content (AvgIpc) is 3.05. The highest BCUT2D eigenvalue weighted by Gasteiger charge is 2.25. The summed E-state index contributed by atoms with van der Waals surface area (Å²) in [5.41, 5.74) is 5.09. The van der Waals surface area contributed by atoms with Crippen LogP contribution in [0.5, 0.6) is 0 Å². The molecule has 0 amide bonds. The predicted molar refractivity (Wildman–Crippen MR) is 92.6 cm³/mol. The van der Waals surface area contributed by atoms with Gasteiger partial charge in [-0.2, -0.15) is 5.10 Å². The molecule has 0 bridgehead atoms. The van der Waals surface area contributed by atoms with Gasteiger partial charge >= 0.3 is 0 Å². The molecule has 3 heterocycles. The molecule has 0 aliphatic carbocycles. The Balaban J connectivity index is 1.68. The van der Waals surface area contributed by atoms with Gasteiger partial charge in [0.25, 0.3) is 0 Å². The third kappa shape index (κ3) is 2.69. The van der Waals surface area contributed by atoms with Crippen molar-refractivity contribution in [1.29, 1.82) is 0 Å². The SMILES string of the molecule is CCCC1CCc2ccccc2N1Cc1ccn2ncnc2c1. The third-order valence-electron chi connectivity index (χ3n) is 4.81. The van der Waals surface area contributed by atoms with Gasteiger partial charge in [0.05, 0.1) is 0 Å². The topological polar surface area (TPSA) is 33.4 Å². The van der Waals surface area contributed by atoms with Crippen molar-refractivity contribution in [2.24, 2.45) is 0 Å². The van der Waals surface area contributed by atoms with Gasteiger partial charge in [-0.25, -0.2) is 9.50 Å². The van der Waals surface area contributed by atoms with Crippen molar-refractivity contribution < 1.29 is 0 Å². The fourth-order valence-corrected chi connectivity index (χ4v) is 3.68. The van der Waals surface area contributed by atoms with Crippen LogP contribution in [0.15, 0.2) is 48.9 Å². The number of hydrogen-bond acceptors (Lipinski definition) is 3. The number of para-hydroxylation sites is 1. The molecule has 0 radical (unpaired) electrons. The lowest BCUT2D eigenvalue weighted by atomic mass is 9.92. The third-order valence-corrected chi connectivity index (χ3v) is 4.81. The van der Waals surface area contributed by atoms with E-state index < -0.39 is 0 Å². The van der Waals surface area contributed by atoms with E-state index in [0.717, 1.165) is 12.2 Å². The molecule has 4 heteroatoms. The van der Waals surface area contributed by atoms with Gasteiger partial charge < -0.3 is 4.90 Å². The van der Waals surface area contributed by atoms with Crippen LogP contribution >= 0.6 is 0 Å². The Morgan fingerprint density at radius 2 is 2.13 bits per heavy atom. The zero-order valence-electron chi connectivity index (χ0n) is 13.5. The summed E-state index contributed by atoms with van der Waals surface area (Å²) < 4.78 is 1.82. The quantitative estimate of drug-likeness (QED) is 0.734. The molecule has 1 aliphatic heterocycles. The van der Waals surface area contributed by atoms with E-state index in [1.807, 2.05) is 10.7 Å². The number of pyridine rings is 1. The largest absolute Gasteiger partial charge is 0.364 e. The van der Waals surface area contributed by atoms with Crippen LogP contribution in [0.4, 0.5) is 5.69 Å². The van der Waals surface area contributed by atoms with E-state index in [1.54, 1.807) is 6.33 Å². The summed E-state index contributed by atoms with van der Waals surface area (Å²) in [5.74, 6) is 0. The molecule has 1 aliphatic rings. The van der Waals surface area contributed by atoms with E-state index in [4.69, 9.17) is 0 Å². The molecule has 2 aromatic heterocycles. The predicted octanol–water partition coefficient (Wildman–Crippen LogP) is 3.85. The monoisotopic (exact) mass is 306 g/mol. The van der Waals surface area contributed by atoms with E-state index in [2.05, 4.69) is 58.3 Å². The van der Waals surface area contributed by atoms with Crippen molar-refractivity contribution in [3.05, 3.63) is 60.0 Å². The molecule has 4 rings (SSSR count). The molecule has 0 saturated carbocycles. The average molecular weight is 306 g/mol. The molecule has 0 spiro atoms. The van der Waals surface area contributed by atoms with Gasteiger partial charge in [-0.15, -0.1) is 0 Å². The summed E-state index contributed by atoms with van der Waals surface area (Å²) in [6.45, 7) is 3.21. The van der Waals surface area contributed by atoms with Crippen LogP contribution in [-0.4, -0.2) is 20.6 Å². The normalized spacial score (nSPS) is 17.4. The van der Waals surface area contributed by atoms with Crippen LogP contribution in [0, 0.1) is 0 Å². The molecule has 4 nitrogen and oxygen atoms in total. The second-order valence-corrected chi connectivity index (χ2v) is 6.34. The maximum Gasteiger partial charge on any atom is 0.155 e. The zero-order valence-corrected chi connectivity index (χ0v) is 13.5. The molecule has 23 heavy (non-hydrogen) atoms. The van der Waals surface area contributed by atoms with E-state index >= 15 is 0 Å². The maximum absolute atomic E-state index is 4.31. The summed E-state index contributed by atoms with van der Waals surface area (Å²) in [7, 11) is 0. The van der Waals surface area contributed by atoms with E-state index in [9.17, 15) is 0 Å². The first-order valence-corrected chi connectivity index (χ1v) is 8.48. The standard InChI is InChI=1S/C19H22N4/c1-2-5-17-9-8-16-6-3-4-7-18(16)22(17)13-15-10-11-23-19(12-15)20-14-21-23/h3-4,6-7,10-12,14,17H,2,5,8-9,13H2,1H3. The summed E-state index contributed by atoms with van der Waals surface area (Å²) in [4.78, 5) is 6.89. The van der Waals surface area contributed by atoms with Crippen LogP contribution < -0.4 is 4.90 Å². The van der Waals surface area contributed by atoms with Crippen molar-refractivity contribution in [2.45, 2.75) is 45.2 Å². The van der Waals surface area contributed by atoms with Crippen molar-refractivity contribution >= 4 is 11.3 Å². The van der Waals surface area contributed by atoms with Gasteiger partial charge in [-0.3, -0.25) is 0 Å². The van der Waals surface area contributed by atoms with Crippen LogP contribution in [-0.2, 0) is 13.0 Å². The van der Waals surface area contributed by atoms with Gasteiger partial charge in [0.2, 0.25) is 0 Å². The van der Waals surface area contributed by atoms with Gasteiger partial charge in [-0.1, -0.05) is 31.5 Å². The van der Waals surface area contributed by atoms with Gasteiger partial charge in [0, 0.05) is 24.5 Å². The second-order valence-electron chi connectivity index (χ2n) is 6.34. The summed E-state index contributed by atoms with van der Waals surface area (Å²) in [6, 6.07) is 13.8. The fraction of sp³-hybridized carbons (Fsp3) is 0.368. The Labute approximate surface area is 136 Å². The zero-order chi connectivity index (χ0) is 15.6. The maximum atomic E-state index is 4.31. The van der Waals surface area contributed by atoms with Gasteiger partial charge in [-0.05, 0) is 48.6 Å². The number of fused-ring (bicyclic) bond motifs is 2. The Morgan fingerprint density at radius 3 is 3.04 bits per heavy atom. The number of benzene rings is 1. The van der Waals surface area contributed by atoms with Gasteiger partial charge in [0.1, 0.15) is 6.33 Å². The molecule has 118 valence electrons. The first-order chi connectivity index (χ1) is 11.3. The molecule has 0 fully saturated rings. The van der Waals surface area contributed by atoms with Crippen LogP contribution in [0.2, 0.25) is 0 Å². The summed E-state index contributed by atoms with van der Waals surface area (Å²) >= 11 is 0. The van der Waals surface area contributed by atoms with Crippen LogP contribution in [0.1, 0.15) is 37.3 Å². The summed E-state index contributed by atoms with van der Waals surface area (Å²) in [6.07, 6.45) is 8.53. The Kier molecular flexibility index (Phi) is 3.74.